The van der Waals surface area contributed by atoms with E-state index in [9.17, 15) is 0 Å². The average Bonchev–Trinajstić information content (AvgIpc) is 3.35. The van der Waals surface area contributed by atoms with E-state index in [0.717, 1.165) is 59.4 Å². The highest BCUT2D eigenvalue weighted by atomic mass is 16.5. The van der Waals surface area contributed by atoms with Crippen LogP contribution in [0.3, 0.4) is 0 Å². The van der Waals surface area contributed by atoms with Crippen LogP contribution in [-0.2, 0) is 13.0 Å². The minimum Gasteiger partial charge on any atom is -0.488 e. The van der Waals surface area contributed by atoms with Gasteiger partial charge in [0.1, 0.15) is 17.0 Å². The summed E-state index contributed by atoms with van der Waals surface area (Å²) in [5, 5.41) is 6.01. The molecule has 0 fully saturated rings. The number of rotatable bonds is 5. The zero-order valence-electron chi connectivity index (χ0n) is 17.4. The number of hydrogen-bond acceptors (Lipinski definition) is 4. The summed E-state index contributed by atoms with van der Waals surface area (Å²) in [5.74, 6) is 0.789. The molecule has 0 N–H and O–H groups in total. The number of fused-ring (bicyclic) bond motifs is 2. The molecule has 4 aromatic rings. The lowest BCUT2D eigenvalue weighted by Crippen LogP contribution is -2.27. The van der Waals surface area contributed by atoms with Gasteiger partial charge in [-0.05, 0) is 69.0 Å². The first-order valence-electron chi connectivity index (χ1n) is 10.5. The van der Waals surface area contributed by atoms with Gasteiger partial charge in [-0.15, -0.1) is 0 Å². The summed E-state index contributed by atoms with van der Waals surface area (Å²) in [6, 6.07) is 14.2. The molecular weight excluding hydrogens is 372 g/mol. The second-order valence-electron chi connectivity index (χ2n) is 8.15. The van der Waals surface area contributed by atoms with Crippen molar-refractivity contribution >= 4 is 10.9 Å². The Hall–Kier alpha value is -3.21. The van der Waals surface area contributed by atoms with E-state index in [0.29, 0.717) is 0 Å². The number of hydrogen-bond donors (Lipinski definition) is 0. The fraction of sp³-hybridized carbons (Fsp3) is 0.280. The van der Waals surface area contributed by atoms with E-state index in [1.165, 1.54) is 11.3 Å². The topological polar surface area (TPSA) is 52.8 Å². The van der Waals surface area contributed by atoms with Crippen molar-refractivity contribution in [1.29, 1.82) is 0 Å². The molecule has 1 unspecified atom stereocenters. The Balaban J connectivity index is 1.67. The molecule has 4 heterocycles. The van der Waals surface area contributed by atoms with Crippen molar-refractivity contribution < 1.29 is 4.74 Å². The second kappa shape index (κ2) is 7.24. The van der Waals surface area contributed by atoms with Gasteiger partial charge in [-0.25, -0.2) is 0 Å². The van der Waals surface area contributed by atoms with Crippen LogP contribution >= 0.6 is 0 Å². The minimum atomic E-state index is -0.454. The molecule has 1 aliphatic rings. The summed E-state index contributed by atoms with van der Waals surface area (Å²) in [6.07, 6.45) is 6.66. The number of nitrogens with zero attached hydrogens (tertiary/aromatic N) is 4. The van der Waals surface area contributed by atoms with Gasteiger partial charge < -0.3 is 4.74 Å². The number of aromatic nitrogens is 4. The summed E-state index contributed by atoms with van der Waals surface area (Å²) in [6.45, 7) is 9.17. The Kier molecular flexibility index (Phi) is 4.54. The van der Waals surface area contributed by atoms with Gasteiger partial charge in [-0.1, -0.05) is 13.0 Å². The number of aryl methyl sites for hydroxylation is 1. The average molecular weight is 398 g/mol. The Morgan fingerprint density at radius 2 is 2.03 bits per heavy atom. The molecule has 0 amide bonds. The first-order valence-corrected chi connectivity index (χ1v) is 10.5. The zero-order chi connectivity index (χ0) is 20.7. The Bertz CT molecular complexity index is 1210. The third-order valence-electron chi connectivity index (χ3n) is 5.84. The molecule has 1 aliphatic heterocycles. The van der Waals surface area contributed by atoms with Gasteiger partial charge in [0.05, 0.1) is 11.2 Å². The molecule has 3 aromatic heterocycles. The first kappa shape index (κ1) is 18.8. The lowest BCUT2D eigenvalue weighted by molar-refractivity contribution is 0.133. The number of ether oxygens (including phenoxy) is 1. The maximum atomic E-state index is 6.08. The molecule has 0 aliphatic carbocycles. The molecule has 5 rings (SSSR count). The highest BCUT2D eigenvalue weighted by Crippen LogP contribution is 2.40. The van der Waals surface area contributed by atoms with Crippen molar-refractivity contribution in [3.8, 4) is 28.3 Å². The van der Waals surface area contributed by atoms with Crippen molar-refractivity contribution in [2.75, 3.05) is 0 Å². The second-order valence-corrected chi connectivity index (χ2v) is 8.15. The lowest BCUT2D eigenvalue weighted by atomic mass is 9.96. The molecule has 0 bridgehead atoms. The molecule has 5 heteroatoms. The largest absolute Gasteiger partial charge is 0.488 e. The highest BCUT2D eigenvalue weighted by Gasteiger charge is 2.25. The monoisotopic (exact) mass is 397 g/mol. The fourth-order valence-corrected chi connectivity index (χ4v) is 4.06. The van der Waals surface area contributed by atoms with Gasteiger partial charge in [-0.3, -0.25) is 14.6 Å². The standard InChI is InChI=1S/C25H25N4O/c1-4-25(2,3)30-17-10-11-18-19(12-14-27-21(18)16-17)23-22-9-7-15-29(22)28-24(23)20-8-5-6-13-26-20/h5-6,8,10-14,16H,2,4,7,9,15H2,1,3H3. The van der Waals surface area contributed by atoms with E-state index in [4.69, 9.17) is 9.84 Å². The molecule has 0 spiro atoms. The van der Waals surface area contributed by atoms with Crippen LogP contribution in [0.4, 0.5) is 0 Å². The van der Waals surface area contributed by atoms with E-state index in [1.54, 1.807) is 0 Å². The summed E-state index contributed by atoms with van der Waals surface area (Å²) in [5.41, 5.74) is 5.88. The van der Waals surface area contributed by atoms with Gasteiger partial charge >= 0.3 is 0 Å². The van der Waals surface area contributed by atoms with Crippen molar-refractivity contribution in [1.82, 2.24) is 19.7 Å². The fourth-order valence-electron chi connectivity index (χ4n) is 4.06. The van der Waals surface area contributed by atoms with E-state index in [-0.39, 0.29) is 0 Å². The van der Waals surface area contributed by atoms with Gasteiger partial charge in [0.25, 0.3) is 0 Å². The maximum absolute atomic E-state index is 6.08. The molecule has 30 heavy (non-hydrogen) atoms. The predicted octanol–water partition coefficient (Wildman–Crippen LogP) is 5.49. The quantitative estimate of drug-likeness (QED) is 0.447. The van der Waals surface area contributed by atoms with E-state index < -0.39 is 5.60 Å². The van der Waals surface area contributed by atoms with Crippen LogP contribution in [0, 0.1) is 6.92 Å². The van der Waals surface area contributed by atoms with E-state index >= 15 is 0 Å². The molecule has 151 valence electrons. The predicted molar refractivity (Wildman–Crippen MR) is 119 cm³/mol. The van der Waals surface area contributed by atoms with Crippen LogP contribution in [-0.4, -0.2) is 25.3 Å². The van der Waals surface area contributed by atoms with Crippen LogP contribution in [0.1, 0.15) is 32.4 Å². The minimum absolute atomic E-state index is 0.454. The van der Waals surface area contributed by atoms with Crippen LogP contribution in [0.15, 0.2) is 54.9 Å². The molecule has 1 radical (unpaired) electrons. The van der Waals surface area contributed by atoms with Crippen LogP contribution < -0.4 is 4.74 Å². The molecule has 5 nitrogen and oxygen atoms in total. The molecule has 1 atom stereocenters. The third-order valence-corrected chi connectivity index (χ3v) is 5.84. The SMILES string of the molecule is [CH2]C(C)(CC)Oc1ccc2c(-c3c(-c4ccccn4)nn4c3CCC4)ccnc2c1. The van der Waals surface area contributed by atoms with Crippen LogP contribution in [0.25, 0.3) is 33.4 Å². The highest BCUT2D eigenvalue weighted by molar-refractivity contribution is 5.99. The molecular formula is C25H25N4O. The maximum Gasteiger partial charge on any atom is 0.122 e. The van der Waals surface area contributed by atoms with Crippen LogP contribution in [0.5, 0.6) is 5.75 Å². The lowest BCUT2D eigenvalue weighted by Gasteiger charge is -2.24. The van der Waals surface area contributed by atoms with Crippen molar-refractivity contribution in [3.63, 3.8) is 0 Å². The van der Waals surface area contributed by atoms with E-state index in [2.05, 4.69) is 40.6 Å². The Labute approximate surface area is 176 Å². The number of benzene rings is 1. The number of pyridine rings is 2. The third kappa shape index (κ3) is 3.24. The first-order chi connectivity index (χ1) is 14.6. The normalized spacial score (nSPS) is 13.6. The van der Waals surface area contributed by atoms with Gasteiger partial charge in [-0.2, -0.15) is 5.10 Å². The molecule has 0 saturated heterocycles. The smallest absolute Gasteiger partial charge is 0.122 e. The summed E-state index contributed by atoms with van der Waals surface area (Å²) in [4.78, 5) is 9.19. The molecule has 1 aromatic carbocycles. The zero-order valence-corrected chi connectivity index (χ0v) is 17.4. The summed E-state index contributed by atoms with van der Waals surface area (Å²) < 4.78 is 8.22. The summed E-state index contributed by atoms with van der Waals surface area (Å²) in [7, 11) is 0. The summed E-state index contributed by atoms with van der Waals surface area (Å²) >= 11 is 0. The van der Waals surface area contributed by atoms with Crippen molar-refractivity contribution in [2.24, 2.45) is 0 Å². The van der Waals surface area contributed by atoms with Crippen molar-refractivity contribution in [2.45, 2.75) is 45.3 Å². The van der Waals surface area contributed by atoms with Crippen molar-refractivity contribution in [3.05, 3.63) is 67.5 Å². The Morgan fingerprint density at radius 3 is 2.83 bits per heavy atom. The van der Waals surface area contributed by atoms with Gasteiger partial charge in [0.15, 0.2) is 0 Å². The van der Waals surface area contributed by atoms with E-state index in [1.807, 2.05) is 49.6 Å². The van der Waals surface area contributed by atoms with Gasteiger partial charge in [0.2, 0.25) is 0 Å². The van der Waals surface area contributed by atoms with Gasteiger partial charge in [0, 0.05) is 41.6 Å². The Morgan fingerprint density at radius 1 is 1.13 bits per heavy atom. The van der Waals surface area contributed by atoms with Crippen LogP contribution in [0.2, 0.25) is 0 Å². The molecule has 0 saturated carbocycles.